The minimum absolute atomic E-state index is 0.0586. The number of ether oxygens (including phenoxy) is 1. The fourth-order valence-electron chi connectivity index (χ4n) is 2.73. The van der Waals surface area contributed by atoms with Crippen molar-refractivity contribution in [3.8, 4) is 0 Å². The molecule has 0 radical (unpaired) electrons. The number of carbonyl (C=O) groups excluding carboxylic acids is 2. The highest BCUT2D eigenvalue weighted by Crippen LogP contribution is 2.09. The Labute approximate surface area is 169 Å². The first-order chi connectivity index (χ1) is 14.2. The molecule has 0 aliphatic rings. The van der Waals surface area contributed by atoms with E-state index < -0.39 is 0 Å². The Bertz CT molecular complexity index is 888. The molecular formula is C22H24N2O5. The summed E-state index contributed by atoms with van der Waals surface area (Å²) in [5.74, 6) is 0.717. The lowest BCUT2D eigenvalue weighted by atomic mass is 10.1. The topological polar surface area (TPSA) is 93.7 Å². The molecule has 0 unspecified atom stereocenters. The van der Waals surface area contributed by atoms with Gasteiger partial charge in [0.1, 0.15) is 12.4 Å². The number of benzene rings is 1. The Morgan fingerprint density at radius 1 is 0.897 bits per heavy atom. The van der Waals surface area contributed by atoms with Gasteiger partial charge in [0, 0.05) is 19.5 Å². The fraction of sp³-hybridized carbons (Fsp3) is 0.273. The molecule has 3 aromatic rings. The van der Waals surface area contributed by atoms with E-state index in [0.717, 1.165) is 16.9 Å². The number of hydrogen-bond acceptors (Lipinski definition) is 5. The predicted molar refractivity (Wildman–Crippen MR) is 106 cm³/mol. The van der Waals surface area contributed by atoms with Crippen LogP contribution in [0.15, 0.2) is 69.9 Å². The lowest BCUT2D eigenvalue weighted by Crippen LogP contribution is -2.27. The average Bonchev–Trinajstić information content (AvgIpc) is 3.44. The van der Waals surface area contributed by atoms with Gasteiger partial charge in [0.25, 0.3) is 5.91 Å². The van der Waals surface area contributed by atoms with E-state index in [9.17, 15) is 9.59 Å². The second-order valence-corrected chi connectivity index (χ2v) is 6.51. The van der Waals surface area contributed by atoms with Gasteiger partial charge in [-0.15, -0.1) is 0 Å². The third-order valence-electron chi connectivity index (χ3n) is 4.19. The quantitative estimate of drug-likeness (QED) is 0.485. The molecule has 2 N–H and O–H groups in total. The highest BCUT2D eigenvalue weighted by Gasteiger charge is 2.08. The summed E-state index contributed by atoms with van der Waals surface area (Å²) in [6, 6.07) is 14.8. The highest BCUT2D eigenvalue weighted by molar-refractivity contribution is 5.91. The molecule has 3 rings (SSSR count). The van der Waals surface area contributed by atoms with Gasteiger partial charge in [0.2, 0.25) is 5.91 Å². The third-order valence-corrected chi connectivity index (χ3v) is 4.19. The predicted octanol–water partition coefficient (Wildman–Crippen LogP) is 3.42. The van der Waals surface area contributed by atoms with Gasteiger partial charge in [0.05, 0.1) is 19.1 Å². The van der Waals surface area contributed by atoms with Crippen molar-refractivity contribution in [3.05, 3.63) is 83.7 Å². The number of amides is 2. The van der Waals surface area contributed by atoms with Crippen molar-refractivity contribution in [3.63, 3.8) is 0 Å². The monoisotopic (exact) mass is 396 g/mol. The SMILES string of the molecule is O=C(CCCNC(=O)c1ccco1)NCc1cccc(COCc2ccco2)c1. The molecule has 0 aliphatic heterocycles. The minimum Gasteiger partial charge on any atom is -0.467 e. The van der Waals surface area contributed by atoms with Crippen molar-refractivity contribution < 1.29 is 23.2 Å². The van der Waals surface area contributed by atoms with E-state index >= 15 is 0 Å². The standard InChI is InChI=1S/C22H24N2O5/c25-21(9-2-10-23-22(26)20-8-4-12-29-20)24-14-17-5-1-6-18(13-17)15-27-16-19-7-3-11-28-19/h1,3-8,11-13H,2,9-10,14-16H2,(H,23,26)(H,24,25). The summed E-state index contributed by atoms with van der Waals surface area (Å²) < 4.78 is 15.9. The molecule has 1 aromatic carbocycles. The molecule has 0 spiro atoms. The lowest BCUT2D eigenvalue weighted by Gasteiger charge is -2.08. The molecule has 0 saturated heterocycles. The number of carbonyl (C=O) groups is 2. The van der Waals surface area contributed by atoms with Crippen LogP contribution in [-0.2, 0) is 29.3 Å². The highest BCUT2D eigenvalue weighted by atomic mass is 16.5. The van der Waals surface area contributed by atoms with Gasteiger partial charge in [-0.1, -0.05) is 24.3 Å². The molecule has 29 heavy (non-hydrogen) atoms. The first kappa shape index (κ1) is 20.4. The summed E-state index contributed by atoms with van der Waals surface area (Å²) in [4.78, 5) is 23.7. The van der Waals surface area contributed by atoms with E-state index in [-0.39, 0.29) is 17.6 Å². The first-order valence-corrected chi connectivity index (χ1v) is 9.47. The molecule has 0 bridgehead atoms. The molecule has 0 fully saturated rings. The smallest absolute Gasteiger partial charge is 0.286 e. The summed E-state index contributed by atoms with van der Waals surface area (Å²) in [5, 5.41) is 5.61. The van der Waals surface area contributed by atoms with Crippen molar-refractivity contribution in [1.29, 1.82) is 0 Å². The number of nitrogens with one attached hydrogen (secondary N) is 2. The minimum atomic E-state index is -0.276. The molecule has 2 aromatic heterocycles. The Kier molecular flexibility index (Phi) is 7.65. The Hall–Kier alpha value is -3.32. The second-order valence-electron chi connectivity index (χ2n) is 6.51. The van der Waals surface area contributed by atoms with E-state index in [1.54, 1.807) is 18.4 Å². The Morgan fingerprint density at radius 2 is 1.72 bits per heavy atom. The Morgan fingerprint density at radius 3 is 2.52 bits per heavy atom. The summed E-state index contributed by atoms with van der Waals surface area (Å²) in [7, 11) is 0. The van der Waals surface area contributed by atoms with Crippen LogP contribution in [0.5, 0.6) is 0 Å². The molecule has 7 nitrogen and oxygen atoms in total. The number of hydrogen-bond donors (Lipinski definition) is 2. The van der Waals surface area contributed by atoms with Crippen molar-refractivity contribution in [2.24, 2.45) is 0 Å². The average molecular weight is 396 g/mol. The first-order valence-electron chi connectivity index (χ1n) is 9.47. The van der Waals surface area contributed by atoms with E-state index in [1.165, 1.54) is 6.26 Å². The van der Waals surface area contributed by atoms with Crippen LogP contribution < -0.4 is 10.6 Å². The van der Waals surface area contributed by atoms with Crippen LogP contribution in [0.2, 0.25) is 0 Å². The van der Waals surface area contributed by atoms with E-state index in [1.807, 2.05) is 36.4 Å². The summed E-state index contributed by atoms with van der Waals surface area (Å²) in [6.07, 6.45) is 3.96. The Balaban J connectivity index is 1.31. The zero-order valence-corrected chi connectivity index (χ0v) is 16.1. The van der Waals surface area contributed by atoms with Gasteiger partial charge in [-0.25, -0.2) is 0 Å². The molecule has 0 aliphatic carbocycles. The maximum Gasteiger partial charge on any atom is 0.286 e. The van der Waals surface area contributed by atoms with Crippen LogP contribution in [-0.4, -0.2) is 18.4 Å². The van der Waals surface area contributed by atoms with Gasteiger partial charge >= 0.3 is 0 Å². The van der Waals surface area contributed by atoms with Gasteiger partial charge < -0.3 is 24.2 Å². The summed E-state index contributed by atoms with van der Waals surface area (Å²) in [6.45, 7) is 1.75. The van der Waals surface area contributed by atoms with Crippen LogP contribution in [0, 0.1) is 0 Å². The number of rotatable bonds is 11. The lowest BCUT2D eigenvalue weighted by molar-refractivity contribution is -0.121. The zero-order chi connectivity index (χ0) is 20.3. The van der Waals surface area contributed by atoms with Crippen LogP contribution in [0.3, 0.4) is 0 Å². The van der Waals surface area contributed by atoms with Crippen LogP contribution in [0.1, 0.15) is 40.3 Å². The molecule has 0 saturated carbocycles. The van der Waals surface area contributed by atoms with Gasteiger partial charge in [0.15, 0.2) is 5.76 Å². The fourth-order valence-corrected chi connectivity index (χ4v) is 2.73. The van der Waals surface area contributed by atoms with Crippen molar-refractivity contribution in [2.45, 2.75) is 32.6 Å². The third kappa shape index (κ3) is 6.97. The molecule has 2 amide bonds. The maximum absolute atomic E-state index is 12.0. The summed E-state index contributed by atoms with van der Waals surface area (Å²) >= 11 is 0. The largest absolute Gasteiger partial charge is 0.467 e. The maximum atomic E-state index is 12.0. The van der Waals surface area contributed by atoms with Crippen molar-refractivity contribution in [1.82, 2.24) is 10.6 Å². The van der Waals surface area contributed by atoms with E-state index in [2.05, 4.69) is 10.6 Å². The van der Waals surface area contributed by atoms with Crippen molar-refractivity contribution in [2.75, 3.05) is 6.54 Å². The molecule has 0 atom stereocenters. The van der Waals surface area contributed by atoms with Gasteiger partial charge in [-0.2, -0.15) is 0 Å². The normalized spacial score (nSPS) is 10.6. The number of furan rings is 2. The van der Waals surface area contributed by atoms with Crippen molar-refractivity contribution >= 4 is 11.8 Å². The van der Waals surface area contributed by atoms with Crippen LogP contribution in [0.4, 0.5) is 0 Å². The second kappa shape index (κ2) is 10.9. The van der Waals surface area contributed by atoms with Gasteiger partial charge in [-0.05, 0) is 41.8 Å². The van der Waals surface area contributed by atoms with Gasteiger partial charge in [-0.3, -0.25) is 9.59 Å². The molecular weight excluding hydrogens is 372 g/mol. The van der Waals surface area contributed by atoms with E-state index in [0.29, 0.717) is 39.1 Å². The summed E-state index contributed by atoms with van der Waals surface area (Å²) in [5.41, 5.74) is 2.03. The van der Waals surface area contributed by atoms with Crippen LogP contribution >= 0.6 is 0 Å². The molecule has 152 valence electrons. The van der Waals surface area contributed by atoms with E-state index in [4.69, 9.17) is 13.6 Å². The van der Waals surface area contributed by atoms with Crippen LogP contribution in [0.25, 0.3) is 0 Å². The molecule has 7 heteroatoms. The zero-order valence-electron chi connectivity index (χ0n) is 16.1. The molecule has 2 heterocycles.